The number of hydrogen-bond donors (Lipinski definition) is 1. The molecule has 0 aliphatic rings. The minimum Gasteiger partial charge on any atom is -0.376 e. The van der Waals surface area contributed by atoms with E-state index in [1.165, 1.54) is 6.07 Å². The summed E-state index contributed by atoms with van der Waals surface area (Å²) in [5.74, 6) is -0.399. The van der Waals surface area contributed by atoms with Crippen molar-refractivity contribution in [3.63, 3.8) is 0 Å². The lowest BCUT2D eigenvalue weighted by molar-refractivity contribution is 0.627. The molecule has 1 unspecified atom stereocenters. The van der Waals surface area contributed by atoms with E-state index < -0.39 is 5.82 Å². The first kappa shape index (κ1) is 11.9. The molecule has 0 aliphatic heterocycles. The van der Waals surface area contributed by atoms with E-state index in [0.29, 0.717) is 0 Å². The van der Waals surface area contributed by atoms with Crippen molar-refractivity contribution in [2.75, 3.05) is 5.32 Å². The summed E-state index contributed by atoms with van der Waals surface area (Å²) in [7, 11) is 1.85. The second-order valence-corrected chi connectivity index (χ2v) is 4.35. The average Bonchev–Trinajstić information content (AvgIpc) is 2.68. The number of rotatable bonds is 3. The first-order chi connectivity index (χ1) is 8.06. The van der Waals surface area contributed by atoms with Crippen molar-refractivity contribution in [1.82, 2.24) is 9.78 Å². The number of benzene rings is 1. The van der Waals surface area contributed by atoms with Crippen LogP contribution >= 0.6 is 11.6 Å². The standard InChI is InChI=1S/C12H13ClFN3/c1-8(16-10-6-15-17(2)7-10)9-3-4-12(14)11(13)5-9/h3-8,16H,1-2H3. The van der Waals surface area contributed by atoms with Gasteiger partial charge in [-0.05, 0) is 24.6 Å². The van der Waals surface area contributed by atoms with Gasteiger partial charge >= 0.3 is 0 Å². The van der Waals surface area contributed by atoms with Crippen molar-refractivity contribution in [2.24, 2.45) is 7.05 Å². The monoisotopic (exact) mass is 253 g/mol. The summed E-state index contributed by atoms with van der Waals surface area (Å²) in [4.78, 5) is 0. The van der Waals surface area contributed by atoms with Gasteiger partial charge in [-0.15, -0.1) is 0 Å². The Hall–Kier alpha value is -1.55. The average molecular weight is 254 g/mol. The maximum Gasteiger partial charge on any atom is 0.141 e. The normalized spacial score (nSPS) is 12.5. The molecular weight excluding hydrogens is 241 g/mol. The van der Waals surface area contributed by atoms with Gasteiger partial charge in [0, 0.05) is 19.3 Å². The molecule has 1 N–H and O–H groups in total. The third-order valence-electron chi connectivity index (χ3n) is 2.53. The van der Waals surface area contributed by atoms with Gasteiger partial charge in [-0.25, -0.2) is 4.39 Å². The molecule has 0 bridgehead atoms. The number of aryl methyl sites for hydroxylation is 1. The summed E-state index contributed by atoms with van der Waals surface area (Å²) in [5.41, 5.74) is 1.85. The Morgan fingerprint density at radius 1 is 1.47 bits per heavy atom. The number of anilines is 1. The van der Waals surface area contributed by atoms with Crippen molar-refractivity contribution in [2.45, 2.75) is 13.0 Å². The molecule has 2 aromatic rings. The van der Waals surface area contributed by atoms with Gasteiger partial charge in [0.1, 0.15) is 5.82 Å². The molecule has 1 aromatic heterocycles. The van der Waals surface area contributed by atoms with Crippen molar-refractivity contribution in [1.29, 1.82) is 0 Å². The minimum absolute atomic E-state index is 0.0392. The van der Waals surface area contributed by atoms with Crippen LogP contribution in [0.25, 0.3) is 0 Å². The van der Waals surface area contributed by atoms with Crippen LogP contribution in [0.1, 0.15) is 18.5 Å². The second-order valence-electron chi connectivity index (χ2n) is 3.94. The summed E-state index contributed by atoms with van der Waals surface area (Å²) >= 11 is 5.75. The second kappa shape index (κ2) is 4.75. The SMILES string of the molecule is CC(Nc1cnn(C)c1)c1ccc(F)c(Cl)c1. The van der Waals surface area contributed by atoms with Gasteiger partial charge in [-0.2, -0.15) is 5.10 Å². The molecule has 0 saturated carbocycles. The van der Waals surface area contributed by atoms with E-state index in [0.717, 1.165) is 11.3 Å². The third kappa shape index (κ3) is 2.77. The van der Waals surface area contributed by atoms with Crippen LogP contribution in [0.15, 0.2) is 30.6 Å². The Morgan fingerprint density at radius 3 is 2.82 bits per heavy atom. The fourth-order valence-electron chi connectivity index (χ4n) is 1.61. The largest absolute Gasteiger partial charge is 0.376 e. The lowest BCUT2D eigenvalue weighted by Crippen LogP contribution is -2.06. The van der Waals surface area contributed by atoms with Crippen molar-refractivity contribution < 1.29 is 4.39 Å². The molecule has 0 aliphatic carbocycles. The number of hydrogen-bond acceptors (Lipinski definition) is 2. The molecule has 0 fully saturated rings. The Kier molecular flexibility index (Phi) is 3.33. The molecule has 1 heterocycles. The smallest absolute Gasteiger partial charge is 0.141 e. The van der Waals surface area contributed by atoms with E-state index in [-0.39, 0.29) is 11.1 Å². The first-order valence-corrected chi connectivity index (χ1v) is 5.64. The Balaban J connectivity index is 2.14. The predicted molar refractivity (Wildman–Crippen MR) is 66.7 cm³/mol. The van der Waals surface area contributed by atoms with E-state index in [4.69, 9.17) is 11.6 Å². The first-order valence-electron chi connectivity index (χ1n) is 5.26. The Bertz CT molecular complexity index is 524. The van der Waals surface area contributed by atoms with Gasteiger partial charge in [0.2, 0.25) is 0 Å². The predicted octanol–water partition coefficient (Wildman–Crippen LogP) is 3.39. The van der Waals surface area contributed by atoms with Gasteiger partial charge in [-0.1, -0.05) is 17.7 Å². The highest BCUT2D eigenvalue weighted by Gasteiger charge is 2.08. The fraction of sp³-hybridized carbons (Fsp3) is 0.250. The number of nitrogens with zero attached hydrogens (tertiary/aromatic N) is 2. The quantitative estimate of drug-likeness (QED) is 0.909. The molecule has 0 spiro atoms. The molecule has 0 radical (unpaired) electrons. The van der Waals surface area contributed by atoms with E-state index in [1.54, 1.807) is 23.0 Å². The van der Waals surface area contributed by atoms with Crippen molar-refractivity contribution >= 4 is 17.3 Å². The van der Waals surface area contributed by atoms with Gasteiger partial charge < -0.3 is 5.32 Å². The molecule has 3 nitrogen and oxygen atoms in total. The Morgan fingerprint density at radius 2 is 2.24 bits per heavy atom. The lowest BCUT2D eigenvalue weighted by atomic mass is 10.1. The van der Waals surface area contributed by atoms with Crippen molar-refractivity contribution in [3.8, 4) is 0 Å². The van der Waals surface area contributed by atoms with Crippen molar-refractivity contribution in [3.05, 3.63) is 47.0 Å². The van der Waals surface area contributed by atoms with Gasteiger partial charge in [-0.3, -0.25) is 4.68 Å². The van der Waals surface area contributed by atoms with Crippen LogP contribution in [-0.4, -0.2) is 9.78 Å². The maximum absolute atomic E-state index is 13.0. The highest BCUT2D eigenvalue weighted by atomic mass is 35.5. The van der Waals surface area contributed by atoms with Crippen LogP contribution in [0.5, 0.6) is 0 Å². The third-order valence-corrected chi connectivity index (χ3v) is 2.82. The number of halogens is 2. The molecule has 17 heavy (non-hydrogen) atoms. The molecule has 1 atom stereocenters. The highest BCUT2D eigenvalue weighted by molar-refractivity contribution is 6.30. The number of aromatic nitrogens is 2. The van der Waals surface area contributed by atoms with Crippen LogP contribution in [-0.2, 0) is 7.05 Å². The lowest BCUT2D eigenvalue weighted by Gasteiger charge is -2.14. The summed E-state index contributed by atoms with van der Waals surface area (Å²) in [5, 5.41) is 7.47. The zero-order chi connectivity index (χ0) is 12.4. The zero-order valence-corrected chi connectivity index (χ0v) is 10.4. The number of nitrogens with one attached hydrogen (secondary N) is 1. The molecular formula is C12H13ClFN3. The zero-order valence-electron chi connectivity index (χ0n) is 9.61. The minimum atomic E-state index is -0.399. The molecule has 0 saturated heterocycles. The van der Waals surface area contributed by atoms with E-state index in [1.807, 2.05) is 20.2 Å². The van der Waals surface area contributed by atoms with E-state index in [2.05, 4.69) is 10.4 Å². The van der Waals surface area contributed by atoms with Crippen LogP contribution < -0.4 is 5.32 Å². The van der Waals surface area contributed by atoms with Gasteiger partial charge in [0.25, 0.3) is 0 Å². The summed E-state index contributed by atoms with van der Waals surface area (Å²) in [6.07, 6.45) is 3.61. The molecule has 0 amide bonds. The van der Waals surface area contributed by atoms with E-state index >= 15 is 0 Å². The molecule has 1 aromatic carbocycles. The topological polar surface area (TPSA) is 29.9 Å². The van der Waals surface area contributed by atoms with Crippen LogP contribution in [0.4, 0.5) is 10.1 Å². The van der Waals surface area contributed by atoms with Gasteiger partial charge in [0.15, 0.2) is 0 Å². The summed E-state index contributed by atoms with van der Waals surface area (Å²) in [6.45, 7) is 1.98. The Labute approximate surface area is 104 Å². The van der Waals surface area contributed by atoms with Crippen LogP contribution in [0, 0.1) is 5.82 Å². The molecule has 5 heteroatoms. The maximum atomic E-state index is 13.0. The van der Waals surface area contributed by atoms with Crippen LogP contribution in [0.2, 0.25) is 5.02 Å². The summed E-state index contributed by atoms with van der Waals surface area (Å²) in [6, 6.07) is 4.76. The molecule has 90 valence electrons. The van der Waals surface area contributed by atoms with Crippen LogP contribution in [0.3, 0.4) is 0 Å². The fourth-order valence-corrected chi connectivity index (χ4v) is 1.80. The van der Waals surface area contributed by atoms with E-state index in [9.17, 15) is 4.39 Å². The molecule has 2 rings (SSSR count). The van der Waals surface area contributed by atoms with Gasteiger partial charge in [0.05, 0.1) is 16.9 Å². The summed E-state index contributed by atoms with van der Waals surface area (Å²) < 4.78 is 14.7. The highest BCUT2D eigenvalue weighted by Crippen LogP contribution is 2.23.